The van der Waals surface area contributed by atoms with Crippen molar-refractivity contribution in [3.63, 3.8) is 0 Å². The summed E-state index contributed by atoms with van der Waals surface area (Å²) in [7, 11) is -0.976. The number of nitrogens with two attached hydrogens (primary N) is 1. The van der Waals surface area contributed by atoms with Crippen molar-refractivity contribution >= 4 is 34.0 Å². The number of anilines is 1. The van der Waals surface area contributed by atoms with E-state index in [-0.39, 0.29) is 11.2 Å². The van der Waals surface area contributed by atoms with Gasteiger partial charge in [0.05, 0.1) is 11.3 Å². The topological polar surface area (TPSA) is 84.2 Å². The lowest BCUT2D eigenvalue weighted by Gasteiger charge is -2.12. The third kappa shape index (κ3) is 3.97. The van der Waals surface area contributed by atoms with Crippen molar-refractivity contribution < 1.29 is 9.00 Å². The number of halogens is 1. The molecule has 0 bridgehead atoms. The maximum atomic E-state index is 11.9. The fraction of sp³-hybridized carbons (Fsp3) is 0.364. The van der Waals surface area contributed by atoms with Crippen molar-refractivity contribution in [3.8, 4) is 0 Å². The Labute approximate surface area is 114 Å². The fourth-order valence-electron chi connectivity index (χ4n) is 1.28. The zero-order chi connectivity index (χ0) is 13.7. The number of amides is 1. The molecule has 7 heteroatoms. The highest BCUT2D eigenvalue weighted by Crippen LogP contribution is 2.19. The smallest absolute Gasteiger partial charge is 0.253 e. The van der Waals surface area contributed by atoms with Gasteiger partial charge in [-0.25, -0.2) is 0 Å². The van der Waals surface area contributed by atoms with Crippen molar-refractivity contribution in [2.24, 2.45) is 5.84 Å². The van der Waals surface area contributed by atoms with Crippen LogP contribution < -0.4 is 16.6 Å². The maximum Gasteiger partial charge on any atom is 0.253 e. The van der Waals surface area contributed by atoms with Crippen molar-refractivity contribution in [1.82, 2.24) is 5.32 Å². The van der Waals surface area contributed by atoms with Crippen LogP contribution in [0.25, 0.3) is 0 Å². The van der Waals surface area contributed by atoms with E-state index in [9.17, 15) is 9.00 Å². The molecule has 2 atom stereocenters. The molecule has 0 heterocycles. The summed E-state index contributed by atoms with van der Waals surface area (Å²) in [5.41, 5.74) is 3.28. The Morgan fingerprint density at radius 1 is 1.56 bits per heavy atom. The Balaban J connectivity index is 2.78. The van der Waals surface area contributed by atoms with Gasteiger partial charge in [-0.3, -0.25) is 14.8 Å². The number of rotatable bonds is 5. The highest BCUT2D eigenvalue weighted by molar-refractivity contribution is 7.84. The summed E-state index contributed by atoms with van der Waals surface area (Å²) in [5.74, 6) is 5.02. The van der Waals surface area contributed by atoms with Crippen LogP contribution in [0.5, 0.6) is 0 Å². The Morgan fingerprint density at radius 3 is 2.78 bits per heavy atom. The van der Waals surface area contributed by atoms with Crippen molar-refractivity contribution in [1.29, 1.82) is 0 Å². The zero-order valence-electron chi connectivity index (χ0n) is 10.2. The molecule has 1 aromatic carbocycles. The van der Waals surface area contributed by atoms with Gasteiger partial charge in [-0.2, -0.15) is 0 Å². The highest BCUT2D eigenvalue weighted by Gasteiger charge is 2.13. The lowest BCUT2D eigenvalue weighted by Crippen LogP contribution is -2.33. The zero-order valence-corrected chi connectivity index (χ0v) is 11.8. The highest BCUT2D eigenvalue weighted by atomic mass is 35.5. The quantitative estimate of drug-likeness (QED) is 0.560. The minimum absolute atomic E-state index is 0.109. The minimum Gasteiger partial charge on any atom is -0.351 e. The molecular weight excluding hydrogens is 274 g/mol. The lowest BCUT2D eigenvalue weighted by atomic mass is 10.1. The summed E-state index contributed by atoms with van der Waals surface area (Å²) >= 11 is 5.83. The molecule has 0 aliphatic heterocycles. The number of hydrogen-bond donors (Lipinski definition) is 3. The number of nitrogens with one attached hydrogen (secondary N) is 2. The second kappa shape index (κ2) is 6.72. The average molecular weight is 290 g/mol. The van der Waals surface area contributed by atoms with E-state index >= 15 is 0 Å². The number of benzene rings is 1. The Hall–Kier alpha value is -1.11. The van der Waals surface area contributed by atoms with Crippen molar-refractivity contribution in [3.05, 3.63) is 28.8 Å². The molecule has 5 nitrogen and oxygen atoms in total. The Morgan fingerprint density at radius 2 is 2.22 bits per heavy atom. The molecule has 1 aromatic rings. The van der Waals surface area contributed by atoms with Gasteiger partial charge in [-0.1, -0.05) is 11.6 Å². The van der Waals surface area contributed by atoms with Gasteiger partial charge in [-0.05, 0) is 25.1 Å². The first-order valence-corrected chi connectivity index (χ1v) is 7.32. The third-order valence-corrected chi connectivity index (χ3v) is 4.03. The maximum absolute atomic E-state index is 11.9. The summed E-state index contributed by atoms with van der Waals surface area (Å²) in [6.45, 7) is 2.13. The van der Waals surface area contributed by atoms with Crippen molar-refractivity contribution in [2.45, 2.75) is 12.2 Å². The third-order valence-electron chi connectivity index (χ3n) is 2.50. The van der Waals surface area contributed by atoms with Gasteiger partial charge >= 0.3 is 0 Å². The van der Waals surface area contributed by atoms with Crippen LogP contribution in [-0.4, -0.2) is 28.2 Å². The molecule has 2 unspecified atom stereocenters. The molecule has 18 heavy (non-hydrogen) atoms. The van der Waals surface area contributed by atoms with Crippen LogP contribution in [0.15, 0.2) is 18.2 Å². The Kier molecular flexibility index (Phi) is 5.58. The summed E-state index contributed by atoms with van der Waals surface area (Å²) in [4.78, 5) is 11.9. The monoisotopic (exact) mass is 289 g/mol. The van der Waals surface area contributed by atoms with E-state index in [1.54, 1.807) is 25.3 Å². The number of carbonyl (C=O) groups excluding carboxylic acids is 1. The van der Waals surface area contributed by atoms with Gasteiger partial charge in [0.2, 0.25) is 0 Å². The second-order valence-corrected chi connectivity index (χ2v) is 6.09. The van der Waals surface area contributed by atoms with E-state index in [4.69, 9.17) is 17.4 Å². The molecule has 0 saturated carbocycles. The van der Waals surface area contributed by atoms with Crippen LogP contribution in [0.2, 0.25) is 5.02 Å². The number of hydrogen-bond acceptors (Lipinski definition) is 4. The minimum atomic E-state index is -0.976. The summed E-state index contributed by atoms with van der Waals surface area (Å²) in [5, 5.41) is 3.04. The summed E-state index contributed by atoms with van der Waals surface area (Å²) in [6.07, 6.45) is 1.60. The molecule has 0 fully saturated rings. The molecule has 0 aliphatic carbocycles. The first-order chi connectivity index (χ1) is 8.45. The van der Waals surface area contributed by atoms with E-state index < -0.39 is 10.8 Å². The van der Waals surface area contributed by atoms with Gasteiger partial charge in [-0.15, -0.1) is 0 Å². The van der Waals surface area contributed by atoms with Crippen molar-refractivity contribution in [2.75, 3.05) is 18.2 Å². The standard InChI is InChI=1S/C11H16ClN3O2S/c1-7(18(2)17)6-14-11(16)9-5-8(12)3-4-10(9)15-13/h3-5,7,15H,6,13H2,1-2H3,(H,14,16). The largest absolute Gasteiger partial charge is 0.351 e. The van der Waals surface area contributed by atoms with Crippen LogP contribution in [0.4, 0.5) is 5.69 Å². The first-order valence-electron chi connectivity index (χ1n) is 5.32. The van der Waals surface area contributed by atoms with Gasteiger partial charge in [0.15, 0.2) is 0 Å². The second-order valence-electron chi connectivity index (χ2n) is 3.85. The predicted octanol–water partition coefficient (Wildman–Crippen LogP) is 1.12. The number of nitrogen functional groups attached to an aromatic ring is 1. The molecule has 0 aliphatic rings. The summed E-state index contributed by atoms with van der Waals surface area (Å²) in [6, 6.07) is 4.79. The molecular formula is C11H16ClN3O2S. The fourth-order valence-corrected chi connectivity index (χ4v) is 1.77. The van der Waals surface area contributed by atoms with E-state index in [1.165, 1.54) is 6.07 Å². The molecule has 0 aromatic heterocycles. The van der Waals surface area contributed by atoms with E-state index in [2.05, 4.69) is 10.7 Å². The number of hydrazine groups is 1. The Bertz CT molecular complexity index is 468. The van der Waals surface area contributed by atoms with E-state index in [0.29, 0.717) is 22.8 Å². The number of carbonyl (C=O) groups is 1. The lowest BCUT2D eigenvalue weighted by molar-refractivity contribution is 0.0955. The van der Waals surface area contributed by atoms with Gasteiger partial charge in [0.25, 0.3) is 5.91 Å². The normalized spacial score (nSPS) is 13.8. The van der Waals surface area contributed by atoms with E-state index in [1.807, 2.05) is 0 Å². The van der Waals surface area contributed by atoms with Gasteiger partial charge in [0.1, 0.15) is 0 Å². The molecule has 4 N–H and O–H groups in total. The van der Waals surface area contributed by atoms with Gasteiger partial charge in [0, 0.05) is 33.9 Å². The molecule has 0 spiro atoms. The summed E-state index contributed by atoms with van der Waals surface area (Å²) < 4.78 is 11.2. The molecule has 1 rings (SSSR count). The predicted molar refractivity (Wildman–Crippen MR) is 75.1 cm³/mol. The average Bonchev–Trinajstić information content (AvgIpc) is 2.35. The SMILES string of the molecule is CC(CNC(=O)c1cc(Cl)ccc1NN)S(C)=O. The van der Waals surface area contributed by atoms with Crippen LogP contribution in [-0.2, 0) is 10.8 Å². The van der Waals surface area contributed by atoms with Crippen LogP contribution in [0.1, 0.15) is 17.3 Å². The van der Waals surface area contributed by atoms with Crippen LogP contribution in [0, 0.1) is 0 Å². The molecule has 0 saturated heterocycles. The molecule has 0 radical (unpaired) electrons. The van der Waals surface area contributed by atoms with Gasteiger partial charge < -0.3 is 10.7 Å². The molecule has 100 valence electrons. The van der Waals surface area contributed by atoms with E-state index in [0.717, 1.165) is 0 Å². The molecule has 1 amide bonds. The first kappa shape index (κ1) is 14.9. The van der Waals surface area contributed by atoms with Crippen LogP contribution in [0.3, 0.4) is 0 Å². The van der Waals surface area contributed by atoms with Crippen LogP contribution >= 0.6 is 11.6 Å².